The van der Waals surface area contributed by atoms with E-state index in [-0.39, 0.29) is 16.7 Å². The van der Waals surface area contributed by atoms with Crippen LogP contribution < -0.4 is 5.32 Å². The summed E-state index contributed by atoms with van der Waals surface area (Å²) in [4.78, 5) is 14.8. The van der Waals surface area contributed by atoms with Crippen molar-refractivity contribution in [1.29, 1.82) is 0 Å². The molecule has 0 spiro atoms. The van der Waals surface area contributed by atoms with Gasteiger partial charge in [0.2, 0.25) is 5.91 Å². The number of likely N-dealkylation sites (tertiary alicyclic amines) is 1. The van der Waals surface area contributed by atoms with Gasteiger partial charge in [-0.05, 0) is 73.3 Å². The van der Waals surface area contributed by atoms with Crippen LogP contribution in [0.1, 0.15) is 54.9 Å². The van der Waals surface area contributed by atoms with E-state index >= 15 is 0 Å². The second-order valence-corrected chi connectivity index (χ2v) is 11.9. The van der Waals surface area contributed by atoms with Gasteiger partial charge in [-0.15, -0.1) is 0 Å². The quantitative estimate of drug-likeness (QED) is 0.190. The summed E-state index contributed by atoms with van der Waals surface area (Å²) in [6.07, 6.45) is 3.55. The van der Waals surface area contributed by atoms with Gasteiger partial charge in [0.25, 0.3) is 0 Å². The molecule has 206 valence electrons. The summed E-state index contributed by atoms with van der Waals surface area (Å²) in [7, 11) is 0. The van der Waals surface area contributed by atoms with E-state index < -0.39 is 0 Å². The van der Waals surface area contributed by atoms with E-state index in [2.05, 4.69) is 141 Å². The first-order valence-electron chi connectivity index (χ1n) is 14.5. The molecule has 0 aliphatic carbocycles. The van der Waals surface area contributed by atoms with Crippen LogP contribution in [0.2, 0.25) is 0 Å². The topological polar surface area (TPSA) is 32.3 Å². The second-order valence-electron chi connectivity index (χ2n) is 11.0. The van der Waals surface area contributed by atoms with Crippen molar-refractivity contribution < 1.29 is 4.79 Å². The van der Waals surface area contributed by atoms with E-state index in [1.165, 1.54) is 22.3 Å². The third kappa shape index (κ3) is 6.09. The van der Waals surface area contributed by atoms with Crippen molar-refractivity contribution >= 4 is 21.8 Å². The van der Waals surface area contributed by atoms with Gasteiger partial charge in [0, 0.05) is 28.3 Å². The molecule has 0 atom stereocenters. The molecule has 4 heteroatoms. The van der Waals surface area contributed by atoms with Crippen molar-refractivity contribution in [2.75, 3.05) is 26.2 Å². The third-order valence-electron chi connectivity index (χ3n) is 8.80. The lowest BCUT2D eigenvalue weighted by molar-refractivity contribution is -0.121. The lowest BCUT2D eigenvalue weighted by atomic mass is 9.67. The van der Waals surface area contributed by atoms with Crippen molar-refractivity contribution in [2.24, 2.45) is 0 Å². The van der Waals surface area contributed by atoms with E-state index in [0.29, 0.717) is 13.0 Å². The molecule has 1 amide bonds. The number of piperidine rings is 1. The first kappa shape index (κ1) is 28.3. The number of carbonyl (C=O) groups excluding carboxylic acids is 1. The molecule has 1 aliphatic heterocycles. The van der Waals surface area contributed by atoms with Crippen LogP contribution in [0.5, 0.6) is 0 Å². The predicted octanol–water partition coefficient (Wildman–Crippen LogP) is 7.73. The highest BCUT2D eigenvalue weighted by Crippen LogP contribution is 2.44. The Morgan fingerprint density at radius 2 is 1.35 bits per heavy atom. The summed E-state index contributed by atoms with van der Waals surface area (Å²) in [6, 6.07) is 41.6. The van der Waals surface area contributed by atoms with E-state index in [9.17, 15) is 4.79 Å². The molecular weight excluding hydrogens is 556 g/mol. The fraction of sp³-hybridized carbons (Fsp3) is 0.306. The van der Waals surface area contributed by atoms with E-state index in [1.807, 2.05) is 6.92 Å². The van der Waals surface area contributed by atoms with Gasteiger partial charge >= 0.3 is 0 Å². The van der Waals surface area contributed by atoms with Crippen LogP contribution in [0, 0.1) is 0 Å². The zero-order chi connectivity index (χ0) is 27.8. The molecule has 1 fully saturated rings. The Bertz CT molecular complexity index is 1330. The number of nitrogens with zero attached hydrogens (tertiary/aromatic N) is 1. The maximum atomic E-state index is 12.2. The van der Waals surface area contributed by atoms with Crippen molar-refractivity contribution in [1.82, 2.24) is 10.2 Å². The molecule has 4 aromatic rings. The first-order valence-corrected chi connectivity index (χ1v) is 15.3. The van der Waals surface area contributed by atoms with Gasteiger partial charge in [0.1, 0.15) is 0 Å². The van der Waals surface area contributed by atoms with Crippen LogP contribution in [0.15, 0.2) is 120 Å². The molecule has 1 aliphatic rings. The Morgan fingerprint density at radius 1 is 0.800 bits per heavy atom. The molecule has 1 saturated heterocycles. The average molecular weight is 596 g/mol. The molecule has 1 N–H and O–H groups in total. The van der Waals surface area contributed by atoms with Crippen molar-refractivity contribution in [3.63, 3.8) is 0 Å². The Morgan fingerprint density at radius 3 is 1.90 bits per heavy atom. The number of halogens is 1. The monoisotopic (exact) mass is 594 g/mol. The minimum atomic E-state index is -0.268. The third-order valence-corrected chi connectivity index (χ3v) is 9.29. The standard InChI is InChI=1S/C36H39BrN2O/c1-2-34(40)38-28-35(29-13-6-3-7-14-29)21-24-39(25-22-35)26-23-36(30-15-8-4-9-16-30,31-17-10-5-11-18-31)32-19-12-20-33(37)27-32/h3-20,27H,2,21-26,28H2,1H3,(H,38,40). The normalized spacial score (nSPS) is 15.4. The van der Waals surface area contributed by atoms with Crippen molar-refractivity contribution in [3.8, 4) is 0 Å². The fourth-order valence-corrected chi connectivity index (χ4v) is 6.81. The van der Waals surface area contributed by atoms with Crippen molar-refractivity contribution in [2.45, 2.75) is 43.4 Å². The highest BCUT2D eigenvalue weighted by molar-refractivity contribution is 9.10. The van der Waals surface area contributed by atoms with Crippen LogP contribution in [0.3, 0.4) is 0 Å². The number of benzene rings is 4. The predicted molar refractivity (Wildman–Crippen MR) is 169 cm³/mol. The minimum absolute atomic E-state index is 0.0250. The Kier molecular flexibility index (Phi) is 9.18. The Hall–Kier alpha value is -3.21. The van der Waals surface area contributed by atoms with Crippen molar-refractivity contribution in [3.05, 3.63) is 142 Å². The summed E-state index contributed by atoms with van der Waals surface area (Å²) in [5, 5.41) is 3.22. The molecular formula is C36H39BrN2O. The zero-order valence-corrected chi connectivity index (χ0v) is 24.9. The molecule has 3 nitrogen and oxygen atoms in total. The smallest absolute Gasteiger partial charge is 0.219 e. The van der Waals surface area contributed by atoms with Crippen LogP contribution >= 0.6 is 15.9 Å². The Balaban J connectivity index is 1.43. The van der Waals surface area contributed by atoms with Gasteiger partial charge in [0.15, 0.2) is 0 Å². The number of nitrogens with one attached hydrogen (secondary N) is 1. The largest absolute Gasteiger partial charge is 0.355 e. The number of amides is 1. The van der Waals surface area contributed by atoms with Gasteiger partial charge in [0.05, 0.1) is 0 Å². The summed E-state index contributed by atoms with van der Waals surface area (Å²) in [5.74, 6) is 0.127. The number of hydrogen-bond acceptors (Lipinski definition) is 2. The lowest BCUT2D eigenvalue weighted by Crippen LogP contribution is -2.49. The average Bonchev–Trinajstić information content (AvgIpc) is 3.02. The van der Waals surface area contributed by atoms with Crippen LogP contribution in [0.25, 0.3) is 0 Å². The minimum Gasteiger partial charge on any atom is -0.355 e. The molecule has 0 unspecified atom stereocenters. The maximum absolute atomic E-state index is 12.2. The summed E-state index contributed by atoms with van der Waals surface area (Å²) in [5.41, 5.74) is 4.98. The van der Waals surface area contributed by atoms with E-state index in [0.717, 1.165) is 43.4 Å². The molecule has 5 rings (SSSR count). The maximum Gasteiger partial charge on any atom is 0.219 e. The summed E-state index contributed by atoms with van der Waals surface area (Å²) < 4.78 is 1.10. The summed E-state index contributed by atoms with van der Waals surface area (Å²) in [6.45, 7) is 5.63. The van der Waals surface area contributed by atoms with Crippen LogP contribution in [-0.2, 0) is 15.6 Å². The number of carbonyl (C=O) groups is 1. The van der Waals surface area contributed by atoms with E-state index in [4.69, 9.17) is 0 Å². The molecule has 0 radical (unpaired) electrons. The van der Waals surface area contributed by atoms with Gasteiger partial charge in [-0.2, -0.15) is 0 Å². The molecule has 1 heterocycles. The van der Waals surface area contributed by atoms with Crippen LogP contribution in [0.4, 0.5) is 0 Å². The van der Waals surface area contributed by atoms with Gasteiger partial charge in [-0.25, -0.2) is 0 Å². The highest BCUT2D eigenvalue weighted by atomic mass is 79.9. The molecule has 0 saturated carbocycles. The number of rotatable bonds is 10. The highest BCUT2D eigenvalue weighted by Gasteiger charge is 2.39. The SMILES string of the molecule is CCC(=O)NCC1(c2ccccc2)CCN(CCC(c2ccccc2)(c2ccccc2)c2cccc(Br)c2)CC1. The van der Waals surface area contributed by atoms with Gasteiger partial charge < -0.3 is 10.2 Å². The van der Waals surface area contributed by atoms with E-state index in [1.54, 1.807) is 0 Å². The van der Waals surface area contributed by atoms with Gasteiger partial charge in [-0.1, -0.05) is 126 Å². The lowest BCUT2D eigenvalue weighted by Gasteiger charge is -2.44. The molecule has 0 bridgehead atoms. The number of hydrogen-bond donors (Lipinski definition) is 1. The molecule has 0 aromatic heterocycles. The fourth-order valence-electron chi connectivity index (χ4n) is 6.41. The second kappa shape index (κ2) is 13.0. The Labute approximate surface area is 247 Å². The van der Waals surface area contributed by atoms with Gasteiger partial charge in [-0.3, -0.25) is 4.79 Å². The molecule has 40 heavy (non-hydrogen) atoms. The molecule has 4 aromatic carbocycles. The zero-order valence-electron chi connectivity index (χ0n) is 23.4. The van der Waals surface area contributed by atoms with Crippen LogP contribution in [-0.4, -0.2) is 37.0 Å². The summed E-state index contributed by atoms with van der Waals surface area (Å²) >= 11 is 3.75. The first-order chi connectivity index (χ1) is 19.6.